The van der Waals surface area contributed by atoms with E-state index in [0.717, 1.165) is 22.6 Å². The Morgan fingerprint density at radius 1 is 1.36 bits per heavy atom. The number of hydrogen-bond donors (Lipinski definition) is 1. The van der Waals surface area contributed by atoms with Gasteiger partial charge in [-0.2, -0.15) is 0 Å². The summed E-state index contributed by atoms with van der Waals surface area (Å²) < 4.78 is 5.62. The molecule has 0 spiro atoms. The fraction of sp³-hybridized carbons (Fsp3) is 0.333. The maximum atomic E-state index is 5.80. The summed E-state index contributed by atoms with van der Waals surface area (Å²) in [5.74, 6) is 0.906. The number of aryl methyl sites for hydroxylation is 1. The smallest absolute Gasteiger partial charge is 0.127 e. The van der Waals surface area contributed by atoms with Gasteiger partial charge in [-0.1, -0.05) is 18.2 Å². The van der Waals surface area contributed by atoms with Crippen LogP contribution in [0.5, 0.6) is 5.75 Å². The summed E-state index contributed by atoms with van der Waals surface area (Å²) in [5, 5.41) is 0. The maximum absolute atomic E-state index is 5.80. The minimum Gasteiger partial charge on any atom is -0.489 e. The molecular formula is C12H17NO. The van der Waals surface area contributed by atoms with Crippen LogP contribution in [-0.4, -0.2) is 6.61 Å². The molecule has 2 heteroatoms. The molecule has 0 aliphatic heterocycles. The highest BCUT2D eigenvalue weighted by atomic mass is 16.5. The summed E-state index contributed by atoms with van der Waals surface area (Å²) in [6.07, 6.45) is 3.94. The van der Waals surface area contributed by atoms with Crippen molar-refractivity contribution in [1.29, 1.82) is 0 Å². The van der Waals surface area contributed by atoms with Crippen molar-refractivity contribution in [1.82, 2.24) is 0 Å². The lowest BCUT2D eigenvalue weighted by Gasteiger charge is -2.12. The van der Waals surface area contributed by atoms with Gasteiger partial charge < -0.3 is 10.5 Å². The molecule has 0 aromatic heterocycles. The normalized spacial score (nSPS) is 10.8. The number of rotatable bonds is 3. The molecule has 0 bridgehead atoms. The quantitative estimate of drug-likeness (QED) is 0.589. The van der Waals surface area contributed by atoms with E-state index in [4.69, 9.17) is 10.5 Å². The molecular weight excluding hydrogens is 174 g/mol. The van der Waals surface area contributed by atoms with Crippen LogP contribution >= 0.6 is 0 Å². The van der Waals surface area contributed by atoms with Gasteiger partial charge in [0.15, 0.2) is 0 Å². The van der Waals surface area contributed by atoms with E-state index in [-0.39, 0.29) is 0 Å². The molecule has 2 N–H and O–H groups in total. The first-order chi connectivity index (χ1) is 6.66. The molecule has 0 fully saturated rings. The van der Waals surface area contributed by atoms with Gasteiger partial charge in [0.05, 0.1) is 0 Å². The van der Waals surface area contributed by atoms with E-state index in [0.29, 0.717) is 6.61 Å². The number of benzene rings is 1. The standard InChI is InChI=1S/C12H17NO/c1-4-5-8-14-12-9(2)6-7-11(13)10(12)3/h4-7H,8,13H2,1-3H3/b5-4+. The van der Waals surface area contributed by atoms with Crippen molar-refractivity contribution in [3.63, 3.8) is 0 Å². The number of nitrogens with two attached hydrogens (primary N) is 1. The fourth-order valence-corrected chi connectivity index (χ4v) is 1.29. The molecule has 2 nitrogen and oxygen atoms in total. The van der Waals surface area contributed by atoms with Gasteiger partial charge in [-0.15, -0.1) is 0 Å². The van der Waals surface area contributed by atoms with Crippen molar-refractivity contribution in [3.05, 3.63) is 35.4 Å². The Hall–Kier alpha value is -1.44. The van der Waals surface area contributed by atoms with Gasteiger partial charge in [0, 0.05) is 11.3 Å². The van der Waals surface area contributed by atoms with Gasteiger partial charge in [0.1, 0.15) is 12.4 Å². The molecule has 0 radical (unpaired) electrons. The molecule has 0 amide bonds. The summed E-state index contributed by atoms with van der Waals surface area (Å²) >= 11 is 0. The topological polar surface area (TPSA) is 35.2 Å². The molecule has 0 aliphatic carbocycles. The number of allylic oxidation sites excluding steroid dienone is 1. The Balaban J connectivity index is 2.89. The molecule has 0 saturated carbocycles. The Labute approximate surface area is 85.4 Å². The van der Waals surface area contributed by atoms with E-state index in [1.54, 1.807) is 0 Å². The lowest BCUT2D eigenvalue weighted by molar-refractivity contribution is 0.358. The zero-order chi connectivity index (χ0) is 10.6. The van der Waals surface area contributed by atoms with Crippen LogP contribution in [0.1, 0.15) is 18.1 Å². The lowest BCUT2D eigenvalue weighted by atomic mass is 10.1. The zero-order valence-electron chi connectivity index (χ0n) is 9.00. The van der Waals surface area contributed by atoms with Crippen molar-refractivity contribution in [3.8, 4) is 5.75 Å². The van der Waals surface area contributed by atoms with Crippen LogP contribution in [0.15, 0.2) is 24.3 Å². The molecule has 1 aromatic rings. The van der Waals surface area contributed by atoms with Crippen molar-refractivity contribution < 1.29 is 4.74 Å². The number of hydrogen-bond acceptors (Lipinski definition) is 2. The maximum Gasteiger partial charge on any atom is 0.127 e. The molecule has 0 saturated heterocycles. The van der Waals surface area contributed by atoms with Gasteiger partial charge in [0.2, 0.25) is 0 Å². The molecule has 0 heterocycles. The van der Waals surface area contributed by atoms with Crippen LogP contribution in [0.3, 0.4) is 0 Å². The third-order valence-electron chi connectivity index (χ3n) is 2.20. The Kier molecular flexibility index (Phi) is 3.57. The van der Waals surface area contributed by atoms with Crippen molar-refractivity contribution in [2.75, 3.05) is 12.3 Å². The van der Waals surface area contributed by atoms with Crippen LogP contribution in [0.4, 0.5) is 5.69 Å². The van der Waals surface area contributed by atoms with Crippen LogP contribution in [0.2, 0.25) is 0 Å². The highest BCUT2D eigenvalue weighted by Crippen LogP contribution is 2.27. The second-order valence-corrected chi connectivity index (χ2v) is 3.31. The number of anilines is 1. The van der Waals surface area contributed by atoms with E-state index >= 15 is 0 Å². The predicted molar refractivity (Wildman–Crippen MR) is 60.6 cm³/mol. The van der Waals surface area contributed by atoms with Gasteiger partial charge in [-0.3, -0.25) is 0 Å². The summed E-state index contributed by atoms with van der Waals surface area (Å²) in [4.78, 5) is 0. The summed E-state index contributed by atoms with van der Waals surface area (Å²) in [6, 6.07) is 3.89. The summed E-state index contributed by atoms with van der Waals surface area (Å²) in [6.45, 7) is 6.58. The largest absolute Gasteiger partial charge is 0.489 e. The average Bonchev–Trinajstić information content (AvgIpc) is 2.18. The van der Waals surface area contributed by atoms with Crippen molar-refractivity contribution in [2.45, 2.75) is 20.8 Å². The Morgan fingerprint density at radius 3 is 2.71 bits per heavy atom. The van der Waals surface area contributed by atoms with E-state index in [1.807, 2.05) is 45.1 Å². The van der Waals surface area contributed by atoms with Crippen molar-refractivity contribution in [2.24, 2.45) is 0 Å². The van der Waals surface area contributed by atoms with Gasteiger partial charge >= 0.3 is 0 Å². The molecule has 76 valence electrons. The summed E-state index contributed by atoms with van der Waals surface area (Å²) in [5.41, 5.74) is 8.73. The summed E-state index contributed by atoms with van der Waals surface area (Å²) in [7, 11) is 0. The minimum atomic E-state index is 0.599. The van der Waals surface area contributed by atoms with Gasteiger partial charge in [0.25, 0.3) is 0 Å². The monoisotopic (exact) mass is 191 g/mol. The fourth-order valence-electron chi connectivity index (χ4n) is 1.29. The van der Waals surface area contributed by atoms with Crippen LogP contribution in [-0.2, 0) is 0 Å². The van der Waals surface area contributed by atoms with Crippen LogP contribution in [0.25, 0.3) is 0 Å². The van der Waals surface area contributed by atoms with Crippen LogP contribution < -0.4 is 10.5 Å². The van der Waals surface area contributed by atoms with Crippen LogP contribution in [0, 0.1) is 13.8 Å². The third kappa shape index (κ3) is 2.28. The van der Waals surface area contributed by atoms with Crippen molar-refractivity contribution >= 4 is 5.69 Å². The second-order valence-electron chi connectivity index (χ2n) is 3.31. The zero-order valence-corrected chi connectivity index (χ0v) is 9.00. The Morgan fingerprint density at radius 2 is 2.07 bits per heavy atom. The van der Waals surface area contributed by atoms with E-state index in [2.05, 4.69) is 0 Å². The minimum absolute atomic E-state index is 0.599. The molecule has 14 heavy (non-hydrogen) atoms. The Bertz CT molecular complexity index is 342. The highest BCUT2D eigenvalue weighted by molar-refractivity contribution is 5.56. The molecule has 1 rings (SSSR count). The number of ether oxygens (including phenoxy) is 1. The first-order valence-electron chi connectivity index (χ1n) is 4.76. The van der Waals surface area contributed by atoms with E-state index < -0.39 is 0 Å². The highest BCUT2D eigenvalue weighted by Gasteiger charge is 2.05. The first-order valence-corrected chi connectivity index (χ1v) is 4.76. The third-order valence-corrected chi connectivity index (χ3v) is 2.20. The SMILES string of the molecule is C/C=C/COc1c(C)ccc(N)c1C. The molecule has 1 aromatic carbocycles. The molecule has 0 aliphatic rings. The van der Waals surface area contributed by atoms with Gasteiger partial charge in [-0.25, -0.2) is 0 Å². The van der Waals surface area contributed by atoms with E-state index in [1.165, 1.54) is 0 Å². The number of nitrogen functional groups attached to an aromatic ring is 1. The lowest BCUT2D eigenvalue weighted by Crippen LogP contribution is -2.00. The predicted octanol–water partition coefficient (Wildman–Crippen LogP) is 2.84. The molecule has 0 atom stereocenters. The second kappa shape index (κ2) is 4.70. The first kappa shape index (κ1) is 10.6. The van der Waals surface area contributed by atoms with E-state index in [9.17, 15) is 0 Å². The average molecular weight is 191 g/mol. The molecule has 0 unspecified atom stereocenters. The van der Waals surface area contributed by atoms with Gasteiger partial charge in [-0.05, 0) is 32.4 Å².